The van der Waals surface area contributed by atoms with Crippen LogP contribution in [0.15, 0.2) is 30.6 Å². The van der Waals surface area contributed by atoms with E-state index in [0.717, 1.165) is 16.6 Å². The Bertz CT molecular complexity index is 496. The maximum Gasteiger partial charge on any atom is 0.217 e. The largest absolute Gasteiger partial charge is 0.352 e. The van der Waals surface area contributed by atoms with Gasteiger partial charge in [0.1, 0.15) is 0 Å². The van der Waals surface area contributed by atoms with E-state index in [9.17, 15) is 4.79 Å². The first kappa shape index (κ1) is 9.58. The van der Waals surface area contributed by atoms with Gasteiger partial charge in [0, 0.05) is 25.9 Å². The molecule has 15 heavy (non-hydrogen) atoms. The first-order valence-electron chi connectivity index (χ1n) is 4.70. The fraction of sp³-hybridized carbons (Fsp3) is 0.182. The molecule has 1 aromatic heterocycles. The number of aromatic nitrogens is 2. The van der Waals surface area contributed by atoms with E-state index >= 15 is 0 Å². The molecule has 0 aliphatic heterocycles. The molecule has 1 heterocycles. The third-order valence-corrected chi connectivity index (χ3v) is 2.08. The van der Waals surface area contributed by atoms with Gasteiger partial charge in [-0.05, 0) is 17.7 Å². The number of nitrogens with zero attached hydrogens (tertiary/aromatic N) is 2. The molecule has 0 aliphatic rings. The molecule has 76 valence electrons. The number of carbonyl (C=O) groups is 1. The highest BCUT2D eigenvalue weighted by Crippen LogP contribution is 2.10. The van der Waals surface area contributed by atoms with E-state index in [2.05, 4.69) is 15.3 Å². The first-order chi connectivity index (χ1) is 7.25. The number of nitrogens with one attached hydrogen (secondary N) is 1. The van der Waals surface area contributed by atoms with Gasteiger partial charge in [0.25, 0.3) is 0 Å². The van der Waals surface area contributed by atoms with Crippen molar-refractivity contribution in [3.05, 3.63) is 36.2 Å². The lowest BCUT2D eigenvalue weighted by atomic mass is 10.2. The van der Waals surface area contributed by atoms with Gasteiger partial charge in [-0.1, -0.05) is 6.07 Å². The smallest absolute Gasteiger partial charge is 0.217 e. The van der Waals surface area contributed by atoms with E-state index in [-0.39, 0.29) is 5.91 Å². The van der Waals surface area contributed by atoms with Gasteiger partial charge < -0.3 is 5.32 Å². The molecule has 4 heteroatoms. The molecule has 0 saturated carbocycles. The second-order valence-electron chi connectivity index (χ2n) is 3.29. The van der Waals surface area contributed by atoms with Crippen LogP contribution in [0.2, 0.25) is 0 Å². The maximum atomic E-state index is 10.7. The Balaban J connectivity index is 2.26. The van der Waals surface area contributed by atoms with Crippen LogP contribution in [-0.2, 0) is 11.3 Å². The number of hydrogen-bond donors (Lipinski definition) is 1. The summed E-state index contributed by atoms with van der Waals surface area (Å²) in [6.45, 7) is 2.03. The Labute approximate surface area is 87.4 Å². The molecule has 0 aliphatic carbocycles. The predicted molar refractivity (Wildman–Crippen MR) is 57.1 cm³/mol. The van der Waals surface area contributed by atoms with Crippen LogP contribution in [0.4, 0.5) is 0 Å². The molecule has 0 fully saturated rings. The monoisotopic (exact) mass is 201 g/mol. The van der Waals surface area contributed by atoms with Crippen molar-refractivity contribution in [1.29, 1.82) is 0 Å². The van der Waals surface area contributed by atoms with Crippen LogP contribution in [0.1, 0.15) is 12.5 Å². The molecule has 0 saturated heterocycles. The first-order valence-corrected chi connectivity index (χ1v) is 4.70. The second kappa shape index (κ2) is 4.04. The molecule has 1 aromatic carbocycles. The lowest BCUT2D eigenvalue weighted by molar-refractivity contribution is -0.119. The van der Waals surface area contributed by atoms with Crippen LogP contribution in [0.25, 0.3) is 11.0 Å². The minimum atomic E-state index is -0.0331. The van der Waals surface area contributed by atoms with Gasteiger partial charge in [0.2, 0.25) is 5.91 Å². The topological polar surface area (TPSA) is 54.9 Å². The van der Waals surface area contributed by atoms with E-state index in [1.807, 2.05) is 18.2 Å². The third-order valence-electron chi connectivity index (χ3n) is 2.08. The zero-order valence-electron chi connectivity index (χ0n) is 8.40. The Hall–Kier alpha value is -1.97. The standard InChI is InChI=1S/C11H11N3O/c1-8(15)14-7-9-2-3-10-11(6-9)13-5-4-12-10/h2-6H,7H2,1H3,(H,14,15). The quantitative estimate of drug-likeness (QED) is 0.796. The fourth-order valence-electron chi connectivity index (χ4n) is 1.35. The highest BCUT2D eigenvalue weighted by atomic mass is 16.1. The molecule has 1 N–H and O–H groups in total. The van der Waals surface area contributed by atoms with E-state index in [0.29, 0.717) is 6.54 Å². The van der Waals surface area contributed by atoms with Gasteiger partial charge in [0.15, 0.2) is 0 Å². The van der Waals surface area contributed by atoms with Crippen molar-refractivity contribution >= 4 is 16.9 Å². The number of benzene rings is 1. The predicted octanol–water partition coefficient (Wildman–Crippen LogP) is 1.27. The zero-order valence-corrected chi connectivity index (χ0v) is 8.40. The molecule has 0 bridgehead atoms. The van der Waals surface area contributed by atoms with Gasteiger partial charge in [0.05, 0.1) is 11.0 Å². The Kier molecular flexibility index (Phi) is 2.58. The van der Waals surface area contributed by atoms with Crippen molar-refractivity contribution in [1.82, 2.24) is 15.3 Å². The van der Waals surface area contributed by atoms with Crippen molar-refractivity contribution in [2.45, 2.75) is 13.5 Å². The summed E-state index contributed by atoms with van der Waals surface area (Å²) in [5, 5.41) is 2.74. The molecule has 2 rings (SSSR count). The van der Waals surface area contributed by atoms with Gasteiger partial charge in [-0.25, -0.2) is 0 Å². The van der Waals surface area contributed by atoms with Crippen LogP contribution >= 0.6 is 0 Å². The average molecular weight is 201 g/mol. The van der Waals surface area contributed by atoms with Crippen LogP contribution < -0.4 is 5.32 Å². The summed E-state index contributed by atoms with van der Waals surface area (Å²) in [4.78, 5) is 19.1. The van der Waals surface area contributed by atoms with E-state index in [4.69, 9.17) is 0 Å². The Morgan fingerprint density at radius 2 is 2.00 bits per heavy atom. The number of hydrogen-bond acceptors (Lipinski definition) is 3. The van der Waals surface area contributed by atoms with Gasteiger partial charge in [-0.15, -0.1) is 0 Å². The molecule has 4 nitrogen and oxygen atoms in total. The second-order valence-corrected chi connectivity index (χ2v) is 3.29. The lowest BCUT2D eigenvalue weighted by Gasteiger charge is -2.03. The Morgan fingerprint density at radius 1 is 1.27 bits per heavy atom. The van der Waals surface area contributed by atoms with Crippen molar-refractivity contribution in [2.75, 3.05) is 0 Å². The van der Waals surface area contributed by atoms with E-state index < -0.39 is 0 Å². The average Bonchev–Trinajstić information content (AvgIpc) is 2.26. The van der Waals surface area contributed by atoms with Crippen LogP contribution in [0, 0.1) is 0 Å². The van der Waals surface area contributed by atoms with E-state index in [1.54, 1.807) is 12.4 Å². The highest BCUT2D eigenvalue weighted by Gasteiger charge is 1.98. The van der Waals surface area contributed by atoms with E-state index in [1.165, 1.54) is 6.92 Å². The van der Waals surface area contributed by atoms with Crippen LogP contribution in [-0.4, -0.2) is 15.9 Å². The summed E-state index contributed by atoms with van der Waals surface area (Å²) >= 11 is 0. The normalized spacial score (nSPS) is 10.2. The minimum absolute atomic E-state index is 0.0331. The summed E-state index contributed by atoms with van der Waals surface area (Å²) in [5.74, 6) is -0.0331. The minimum Gasteiger partial charge on any atom is -0.352 e. The number of rotatable bonds is 2. The molecule has 0 unspecified atom stereocenters. The summed E-state index contributed by atoms with van der Waals surface area (Å²) in [5.41, 5.74) is 2.74. The lowest BCUT2D eigenvalue weighted by Crippen LogP contribution is -2.18. The maximum absolute atomic E-state index is 10.7. The number of fused-ring (bicyclic) bond motifs is 1. The molecule has 0 atom stereocenters. The molecule has 1 amide bonds. The van der Waals surface area contributed by atoms with Gasteiger partial charge in [-0.3, -0.25) is 14.8 Å². The molecule has 2 aromatic rings. The zero-order chi connectivity index (χ0) is 10.7. The van der Waals surface area contributed by atoms with Crippen LogP contribution in [0.3, 0.4) is 0 Å². The SMILES string of the molecule is CC(=O)NCc1ccc2nccnc2c1. The number of carbonyl (C=O) groups excluding carboxylic acids is 1. The third kappa shape index (κ3) is 2.28. The number of amides is 1. The molecular formula is C11H11N3O. The molecule has 0 radical (unpaired) electrons. The van der Waals surface area contributed by atoms with Crippen molar-refractivity contribution in [3.63, 3.8) is 0 Å². The van der Waals surface area contributed by atoms with Crippen molar-refractivity contribution < 1.29 is 4.79 Å². The van der Waals surface area contributed by atoms with Gasteiger partial charge >= 0.3 is 0 Å². The Morgan fingerprint density at radius 3 is 2.73 bits per heavy atom. The molecule has 0 spiro atoms. The highest BCUT2D eigenvalue weighted by molar-refractivity contribution is 5.75. The van der Waals surface area contributed by atoms with Gasteiger partial charge in [-0.2, -0.15) is 0 Å². The fourth-order valence-corrected chi connectivity index (χ4v) is 1.35. The van der Waals surface area contributed by atoms with Crippen LogP contribution in [0.5, 0.6) is 0 Å². The molecular weight excluding hydrogens is 190 g/mol. The summed E-state index contributed by atoms with van der Waals surface area (Å²) in [6.07, 6.45) is 3.32. The summed E-state index contributed by atoms with van der Waals surface area (Å²) in [6, 6.07) is 5.77. The van der Waals surface area contributed by atoms with Crippen molar-refractivity contribution in [3.8, 4) is 0 Å². The van der Waals surface area contributed by atoms with Crippen molar-refractivity contribution in [2.24, 2.45) is 0 Å². The summed E-state index contributed by atoms with van der Waals surface area (Å²) < 4.78 is 0. The summed E-state index contributed by atoms with van der Waals surface area (Å²) in [7, 11) is 0.